The van der Waals surface area contributed by atoms with Gasteiger partial charge in [-0.3, -0.25) is 4.79 Å². The van der Waals surface area contributed by atoms with Gasteiger partial charge in [-0.15, -0.1) is 0 Å². The highest BCUT2D eigenvalue weighted by molar-refractivity contribution is 5.91. The highest BCUT2D eigenvalue weighted by atomic mass is 16.5. The van der Waals surface area contributed by atoms with E-state index in [9.17, 15) is 4.79 Å². The number of ether oxygens (including phenoxy) is 1. The lowest BCUT2D eigenvalue weighted by Gasteiger charge is -2.06. The first kappa shape index (κ1) is 13.1. The molecule has 6 nitrogen and oxygen atoms in total. The van der Waals surface area contributed by atoms with Crippen LogP contribution in [0.15, 0.2) is 28.8 Å². The second-order valence-corrected chi connectivity index (χ2v) is 3.92. The molecular formula is C13H15N3O3. The zero-order valence-corrected chi connectivity index (χ0v) is 10.8. The lowest BCUT2D eigenvalue weighted by atomic mass is 10.3. The highest BCUT2D eigenvalue weighted by Crippen LogP contribution is 2.15. The minimum Gasteiger partial charge on any atom is -0.494 e. The number of carbonyl (C=O) groups is 1. The van der Waals surface area contributed by atoms with Crippen molar-refractivity contribution in [3.05, 3.63) is 36.0 Å². The lowest BCUT2D eigenvalue weighted by Crippen LogP contribution is -2.14. The number of anilines is 1. The van der Waals surface area contributed by atoms with E-state index in [4.69, 9.17) is 9.26 Å². The van der Waals surface area contributed by atoms with Crippen LogP contribution in [0.2, 0.25) is 0 Å². The Kier molecular flexibility index (Phi) is 4.12. The third-order valence-corrected chi connectivity index (χ3v) is 2.33. The van der Waals surface area contributed by atoms with E-state index >= 15 is 0 Å². The van der Waals surface area contributed by atoms with Gasteiger partial charge in [0, 0.05) is 5.69 Å². The van der Waals surface area contributed by atoms with Crippen molar-refractivity contribution in [2.45, 2.75) is 20.3 Å². The summed E-state index contributed by atoms with van der Waals surface area (Å²) in [5, 5.41) is 6.37. The molecule has 0 aliphatic rings. The second kappa shape index (κ2) is 5.99. The molecule has 6 heteroatoms. The van der Waals surface area contributed by atoms with E-state index < -0.39 is 0 Å². The van der Waals surface area contributed by atoms with Gasteiger partial charge in [0.25, 0.3) is 0 Å². The molecule has 1 heterocycles. The Bertz CT molecular complexity index is 549. The van der Waals surface area contributed by atoms with Crippen molar-refractivity contribution in [1.29, 1.82) is 0 Å². The van der Waals surface area contributed by atoms with Gasteiger partial charge in [0.05, 0.1) is 6.61 Å². The van der Waals surface area contributed by atoms with Crippen molar-refractivity contribution >= 4 is 11.6 Å². The highest BCUT2D eigenvalue weighted by Gasteiger charge is 2.09. The van der Waals surface area contributed by atoms with Gasteiger partial charge in [-0.2, -0.15) is 4.98 Å². The van der Waals surface area contributed by atoms with E-state index in [1.165, 1.54) is 0 Å². The summed E-state index contributed by atoms with van der Waals surface area (Å²) in [5.74, 6) is 1.39. The predicted molar refractivity (Wildman–Crippen MR) is 69.0 cm³/mol. The maximum Gasteiger partial charge on any atom is 0.236 e. The molecule has 1 amide bonds. The summed E-state index contributed by atoms with van der Waals surface area (Å²) in [5.41, 5.74) is 0.699. The molecule has 2 aromatic rings. The summed E-state index contributed by atoms with van der Waals surface area (Å²) in [6, 6.07) is 7.16. The van der Waals surface area contributed by atoms with Gasteiger partial charge in [0.1, 0.15) is 12.2 Å². The van der Waals surface area contributed by atoms with Crippen LogP contribution >= 0.6 is 0 Å². The molecule has 1 N–H and O–H groups in total. The van der Waals surface area contributed by atoms with E-state index in [1.807, 2.05) is 6.92 Å². The molecule has 19 heavy (non-hydrogen) atoms. The Morgan fingerprint density at radius 2 is 2.11 bits per heavy atom. The number of hydrogen-bond donors (Lipinski definition) is 1. The van der Waals surface area contributed by atoms with Crippen LogP contribution < -0.4 is 10.1 Å². The third-order valence-electron chi connectivity index (χ3n) is 2.33. The molecule has 0 saturated heterocycles. The van der Waals surface area contributed by atoms with Gasteiger partial charge in [-0.25, -0.2) is 0 Å². The van der Waals surface area contributed by atoms with Crippen LogP contribution in [0.5, 0.6) is 5.75 Å². The SMILES string of the molecule is CCOc1ccc(NC(=O)Cc2nc(C)no2)cc1. The number of benzene rings is 1. The number of nitrogens with zero attached hydrogens (tertiary/aromatic N) is 2. The zero-order valence-electron chi connectivity index (χ0n) is 10.8. The fourth-order valence-corrected chi connectivity index (χ4v) is 1.56. The Morgan fingerprint density at radius 3 is 2.68 bits per heavy atom. The van der Waals surface area contributed by atoms with Crippen molar-refractivity contribution in [3.8, 4) is 5.75 Å². The second-order valence-electron chi connectivity index (χ2n) is 3.92. The van der Waals surface area contributed by atoms with Crippen LogP contribution in [-0.2, 0) is 11.2 Å². The summed E-state index contributed by atoms with van der Waals surface area (Å²) in [7, 11) is 0. The lowest BCUT2D eigenvalue weighted by molar-refractivity contribution is -0.115. The number of nitrogens with one attached hydrogen (secondary N) is 1. The number of amides is 1. The molecule has 2 rings (SSSR count). The molecule has 0 aliphatic carbocycles. The Hall–Kier alpha value is -2.37. The van der Waals surface area contributed by atoms with E-state index in [0.717, 1.165) is 5.75 Å². The van der Waals surface area contributed by atoms with E-state index in [2.05, 4.69) is 15.5 Å². The van der Waals surface area contributed by atoms with Crippen LogP contribution in [0, 0.1) is 6.92 Å². The predicted octanol–water partition coefficient (Wildman–Crippen LogP) is 1.96. The first-order chi connectivity index (χ1) is 9.17. The smallest absolute Gasteiger partial charge is 0.236 e. The van der Waals surface area contributed by atoms with E-state index in [-0.39, 0.29) is 12.3 Å². The Morgan fingerprint density at radius 1 is 1.37 bits per heavy atom. The topological polar surface area (TPSA) is 77.2 Å². The summed E-state index contributed by atoms with van der Waals surface area (Å²) in [6.45, 7) is 4.24. The molecule has 1 aromatic carbocycles. The largest absolute Gasteiger partial charge is 0.494 e. The first-order valence-corrected chi connectivity index (χ1v) is 5.99. The molecule has 1 aromatic heterocycles. The van der Waals surface area contributed by atoms with Gasteiger partial charge in [-0.05, 0) is 38.1 Å². The van der Waals surface area contributed by atoms with Crippen molar-refractivity contribution in [2.75, 3.05) is 11.9 Å². The number of aromatic nitrogens is 2. The molecule has 0 aliphatic heterocycles. The average Bonchev–Trinajstić information content (AvgIpc) is 2.77. The maximum absolute atomic E-state index is 11.7. The third kappa shape index (κ3) is 3.80. The van der Waals surface area contributed by atoms with Crippen LogP contribution in [0.1, 0.15) is 18.6 Å². The molecule has 0 radical (unpaired) electrons. The van der Waals surface area contributed by atoms with Crippen molar-refractivity contribution in [1.82, 2.24) is 10.1 Å². The van der Waals surface area contributed by atoms with Gasteiger partial charge in [-0.1, -0.05) is 5.16 Å². The molecule has 100 valence electrons. The van der Waals surface area contributed by atoms with Crippen LogP contribution in [-0.4, -0.2) is 22.7 Å². The van der Waals surface area contributed by atoms with E-state index in [0.29, 0.717) is 24.0 Å². The fraction of sp³-hybridized carbons (Fsp3) is 0.308. The van der Waals surface area contributed by atoms with Crippen LogP contribution in [0.3, 0.4) is 0 Å². The quantitative estimate of drug-likeness (QED) is 0.890. The molecular weight excluding hydrogens is 246 g/mol. The monoisotopic (exact) mass is 261 g/mol. The normalized spacial score (nSPS) is 10.2. The number of hydrogen-bond acceptors (Lipinski definition) is 5. The van der Waals surface area contributed by atoms with Gasteiger partial charge < -0.3 is 14.6 Å². The van der Waals surface area contributed by atoms with Crippen LogP contribution in [0.4, 0.5) is 5.69 Å². The minimum atomic E-state index is -0.201. The fourth-order valence-electron chi connectivity index (χ4n) is 1.56. The number of aryl methyl sites for hydroxylation is 1. The standard InChI is InChI=1S/C13H15N3O3/c1-3-18-11-6-4-10(5-7-11)15-12(17)8-13-14-9(2)16-19-13/h4-7H,3,8H2,1-2H3,(H,15,17). The maximum atomic E-state index is 11.7. The Labute approximate surface area is 110 Å². The molecule has 0 unspecified atom stereocenters. The van der Waals surface area contributed by atoms with Crippen molar-refractivity contribution in [2.24, 2.45) is 0 Å². The Balaban J connectivity index is 1.91. The van der Waals surface area contributed by atoms with Gasteiger partial charge in [0.15, 0.2) is 5.82 Å². The molecule has 0 saturated carbocycles. The van der Waals surface area contributed by atoms with Gasteiger partial charge in [0.2, 0.25) is 11.8 Å². The first-order valence-electron chi connectivity index (χ1n) is 5.99. The van der Waals surface area contributed by atoms with Gasteiger partial charge >= 0.3 is 0 Å². The molecule has 0 fully saturated rings. The molecule has 0 bridgehead atoms. The molecule has 0 spiro atoms. The summed E-state index contributed by atoms with van der Waals surface area (Å²) < 4.78 is 10.2. The zero-order chi connectivity index (χ0) is 13.7. The van der Waals surface area contributed by atoms with E-state index in [1.54, 1.807) is 31.2 Å². The van der Waals surface area contributed by atoms with Crippen LogP contribution in [0.25, 0.3) is 0 Å². The average molecular weight is 261 g/mol. The summed E-state index contributed by atoms with van der Waals surface area (Å²) >= 11 is 0. The summed E-state index contributed by atoms with van der Waals surface area (Å²) in [4.78, 5) is 15.7. The minimum absolute atomic E-state index is 0.0635. The number of carbonyl (C=O) groups excluding carboxylic acids is 1. The van der Waals surface area contributed by atoms with Crippen molar-refractivity contribution < 1.29 is 14.1 Å². The molecule has 0 atom stereocenters. The number of rotatable bonds is 5. The summed E-state index contributed by atoms with van der Waals surface area (Å²) in [6.07, 6.45) is 0.0635. The van der Waals surface area contributed by atoms with Crippen molar-refractivity contribution in [3.63, 3.8) is 0 Å².